The van der Waals surface area contributed by atoms with E-state index < -0.39 is 24.3 Å². The van der Waals surface area contributed by atoms with Crippen molar-refractivity contribution in [2.75, 3.05) is 20.2 Å². The third kappa shape index (κ3) is 8.39. The average molecular weight is 777 g/mol. The molecule has 3 aromatic heterocycles. The number of aromatic amines is 2. The summed E-state index contributed by atoms with van der Waals surface area (Å²) in [6, 6.07) is 14.2. The molecule has 5 heterocycles. The minimum absolute atomic E-state index is 0.190. The SMILES string of the molecule is COC(=O)N[C@@H](Cc1cncn1C)C(=O)N1CCCC1c1ncc(-c2ccc(-c3ccc(-c4cnc([C@@H]5CCCN5C(=O)[C@@H](NC(=O)O)C(C)C)[nH]4)cc3)cc2)[nH]1. The van der Waals surface area contributed by atoms with E-state index in [9.17, 15) is 24.3 Å². The maximum Gasteiger partial charge on any atom is 0.407 e. The summed E-state index contributed by atoms with van der Waals surface area (Å²) in [6.07, 6.45) is 8.40. The molecule has 2 fully saturated rings. The minimum atomic E-state index is -1.22. The molecular weight excluding hydrogens is 729 g/mol. The van der Waals surface area contributed by atoms with Crippen LogP contribution in [-0.2, 0) is 27.8 Å². The van der Waals surface area contributed by atoms with E-state index in [2.05, 4.69) is 59.8 Å². The molecule has 4 amide bonds. The molecule has 0 aliphatic carbocycles. The van der Waals surface area contributed by atoms with Gasteiger partial charge >= 0.3 is 12.2 Å². The van der Waals surface area contributed by atoms with Gasteiger partial charge in [-0.3, -0.25) is 9.59 Å². The van der Waals surface area contributed by atoms with Crippen LogP contribution in [-0.4, -0.2) is 101 Å². The summed E-state index contributed by atoms with van der Waals surface area (Å²) < 4.78 is 6.64. The van der Waals surface area contributed by atoms with Crippen molar-refractivity contribution in [3.63, 3.8) is 0 Å². The Morgan fingerprint density at radius 2 is 1.30 bits per heavy atom. The number of carboxylic acid groups (broad SMARTS) is 1. The van der Waals surface area contributed by atoms with E-state index in [1.165, 1.54) is 7.11 Å². The van der Waals surface area contributed by atoms with Gasteiger partial charge in [0.25, 0.3) is 0 Å². The van der Waals surface area contributed by atoms with Crippen molar-refractivity contribution >= 4 is 24.0 Å². The zero-order valence-corrected chi connectivity index (χ0v) is 32.4. The molecule has 4 atom stereocenters. The van der Waals surface area contributed by atoms with Crippen molar-refractivity contribution in [3.8, 4) is 33.6 Å². The number of nitrogens with one attached hydrogen (secondary N) is 4. The van der Waals surface area contributed by atoms with Crippen LogP contribution in [0.25, 0.3) is 33.6 Å². The van der Waals surface area contributed by atoms with Crippen LogP contribution in [0.2, 0.25) is 0 Å². The van der Waals surface area contributed by atoms with Crippen LogP contribution in [0, 0.1) is 5.92 Å². The van der Waals surface area contributed by atoms with Gasteiger partial charge in [0.1, 0.15) is 23.7 Å². The fourth-order valence-corrected chi connectivity index (χ4v) is 7.84. The Morgan fingerprint density at radius 1 is 0.789 bits per heavy atom. The molecule has 298 valence electrons. The van der Waals surface area contributed by atoms with Crippen molar-refractivity contribution < 1.29 is 29.0 Å². The first kappa shape index (κ1) is 38.8. The average Bonchev–Trinajstić information content (AvgIpc) is 4.06. The van der Waals surface area contributed by atoms with Crippen LogP contribution in [0.4, 0.5) is 9.59 Å². The summed E-state index contributed by atoms with van der Waals surface area (Å²) in [7, 11) is 3.12. The zero-order chi connectivity index (χ0) is 40.2. The van der Waals surface area contributed by atoms with Gasteiger partial charge in [0.15, 0.2) is 0 Å². The van der Waals surface area contributed by atoms with Crippen LogP contribution in [0.1, 0.15) is 69.0 Å². The number of amides is 4. The van der Waals surface area contributed by atoms with E-state index in [4.69, 9.17) is 4.74 Å². The van der Waals surface area contributed by atoms with Gasteiger partial charge in [0, 0.05) is 38.4 Å². The summed E-state index contributed by atoms with van der Waals surface area (Å²) >= 11 is 0. The lowest BCUT2D eigenvalue weighted by Crippen LogP contribution is -2.50. The Hall–Kier alpha value is -6.45. The molecule has 0 saturated carbocycles. The molecule has 5 N–H and O–H groups in total. The Kier molecular flexibility index (Phi) is 11.4. The number of benzene rings is 2. The lowest BCUT2D eigenvalue weighted by atomic mass is 10.0. The van der Waals surface area contributed by atoms with E-state index in [-0.39, 0.29) is 36.2 Å². The molecule has 2 saturated heterocycles. The van der Waals surface area contributed by atoms with E-state index in [1.54, 1.807) is 34.7 Å². The van der Waals surface area contributed by atoms with Gasteiger partial charge in [-0.1, -0.05) is 62.4 Å². The topological polar surface area (TPSA) is 203 Å². The van der Waals surface area contributed by atoms with E-state index in [0.29, 0.717) is 24.7 Å². The molecular formula is C41H48N10O6. The van der Waals surface area contributed by atoms with Crippen molar-refractivity contribution in [2.24, 2.45) is 13.0 Å². The maximum atomic E-state index is 13.9. The Labute approximate surface area is 330 Å². The van der Waals surface area contributed by atoms with Gasteiger partial charge in [-0.15, -0.1) is 0 Å². The second-order valence-corrected chi connectivity index (χ2v) is 15.0. The lowest BCUT2D eigenvalue weighted by molar-refractivity contribution is -0.135. The standard InChI is InChI=1S/C41H48N10O6/c1-24(2)35(48-40(54)55)39(53)51-18-6-8-34(51)37-44-22-32(46-37)28-15-11-26(12-16-28)25-9-13-27(14-10-25)31-21-43-36(45-31)33-7-5-17-50(33)38(52)30(47-41(56)57-4)19-29-20-42-23-49(29)3/h9-16,20-24,30,33-35,48H,5-8,17-19H2,1-4H3,(H,43,45)(H,44,46)(H,47,56)(H,54,55)/t30-,33?,34-,35-/m0/s1. The number of aromatic nitrogens is 6. The van der Waals surface area contributed by atoms with Crippen LogP contribution < -0.4 is 10.6 Å². The number of carbonyl (C=O) groups is 4. The second kappa shape index (κ2) is 16.7. The molecule has 0 radical (unpaired) electrons. The van der Waals surface area contributed by atoms with Gasteiger partial charge in [0.2, 0.25) is 11.8 Å². The summed E-state index contributed by atoms with van der Waals surface area (Å²) in [4.78, 5) is 74.7. The molecule has 2 aliphatic rings. The number of ether oxygens (including phenoxy) is 1. The fraction of sp³-hybridized carbons (Fsp3) is 0.390. The smallest absolute Gasteiger partial charge is 0.407 e. The van der Waals surface area contributed by atoms with Crippen LogP contribution in [0.5, 0.6) is 0 Å². The zero-order valence-electron chi connectivity index (χ0n) is 32.4. The number of imidazole rings is 3. The molecule has 1 unspecified atom stereocenters. The fourth-order valence-electron chi connectivity index (χ4n) is 7.84. The van der Waals surface area contributed by atoms with Crippen molar-refractivity contribution in [3.05, 3.63) is 90.8 Å². The summed E-state index contributed by atoms with van der Waals surface area (Å²) in [5.41, 5.74) is 6.45. The first-order chi connectivity index (χ1) is 27.5. The molecule has 0 bridgehead atoms. The van der Waals surface area contributed by atoms with E-state index in [0.717, 1.165) is 65.0 Å². The minimum Gasteiger partial charge on any atom is -0.465 e. The van der Waals surface area contributed by atoms with E-state index >= 15 is 0 Å². The largest absolute Gasteiger partial charge is 0.465 e. The number of methoxy groups -OCH3 is 1. The molecule has 57 heavy (non-hydrogen) atoms. The number of rotatable bonds is 12. The number of alkyl carbamates (subject to hydrolysis) is 1. The summed E-state index contributed by atoms with van der Waals surface area (Å²) in [6.45, 7) is 4.75. The van der Waals surface area contributed by atoms with Crippen LogP contribution in [0.15, 0.2) is 73.4 Å². The molecule has 2 aromatic carbocycles. The van der Waals surface area contributed by atoms with Gasteiger partial charge in [-0.25, -0.2) is 24.5 Å². The van der Waals surface area contributed by atoms with E-state index in [1.807, 2.05) is 49.7 Å². The molecule has 2 aliphatic heterocycles. The van der Waals surface area contributed by atoms with Crippen LogP contribution in [0.3, 0.4) is 0 Å². The number of nitrogens with zero attached hydrogens (tertiary/aromatic N) is 6. The number of likely N-dealkylation sites (tertiary alicyclic amines) is 2. The normalized spacial score (nSPS) is 17.8. The molecule has 0 spiro atoms. The molecule has 7 rings (SSSR count). The molecule has 5 aromatic rings. The van der Waals surface area contributed by atoms with Crippen molar-refractivity contribution in [1.82, 2.24) is 49.9 Å². The van der Waals surface area contributed by atoms with Gasteiger partial charge in [-0.2, -0.15) is 0 Å². The summed E-state index contributed by atoms with van der Waals surface area (Å²) in [5, 5.41) is 14.4. The van der Waals surface area contributed by atoms with Gasteiger partial charge in [-0.05, 0) is 53.9 Å². The van der Waals surface area contributed by atoms with Gasteiger partial charge in [0.05, 0.1) is 49.3 Å². The highest BCUT2D eigenvalue weighted by molar-refractivity contribution is 5.87. The molecule has 16 heteroatoms. The summed E-state index contributed by atoms with van der Waals surface area (Å²) in [5.74, 6) is 0.746. The number of hydrogen-bond acceptors (Lipinski definition) is 8. The predicted octanol–water partition coefficient (Wildman–Crippen LogP) is 5.45. The number of hydrogen-bond donors (Lipinski definition) is 5. The van der Waals surface area contributed by atoms with Crippen molar-refractivity contribution in [1.29, 1.82) is 0 Å². The quantitative estimate of drug-likeness (QED) is 0.109. The number of carbonyl (C=O) groups excluding carboxylic acids is 3. The predicted molar refractivity (Wildman–Crippen MR) is 210 cm³/mol. The highest BCUT2D eigenvalue weighted by atomic mass is 16.5. The van der Waals surface area contributed by atoms with Gasteiger partial charge < -0.3 is 44.8 Å². The Morgan fingerprint density at radius 3 is 1.75 bits per heavy atom. The number of H-pyrrole nitrogens is 2. The highest BCUT2D eigenvalue weighted by Gasteiger charge is 2.38. The highest BCUT2D eigenvalue weighted by Crippen LogP contribution is 2.35. The van der Waals surface area contributed by atoms with Crippen LogP contribution >= 0.6 is 0 Å². The molecule has 16 nitrogen and oxygen atoms in total. The Balaban J connectivity index is 1.00. The third-order valence-corrected chi connectivity index (χ3v) is 10.9. The monoisotopic (exact) mass is 776 g/mol. The van der Waals surface area contributed by atoms with Crippen molar-refractivity contribution in [2.45, 2.75) is 70.1 Å². The number of aryl methyl sites for hydroxylation is 1. The maximum absolute atomic E-state index is 13.9. The third-order valence-electron chi connectivity index (χ3n) is 10.9. The second-order valence-electron chi connectivity index (χ2n) is 15.0. The first-order valence-electron chi connectivity index (χ1n) is 19.2. The lowest BCUT2D eigenvalue weighted by Gasteiger charge is -2.29. The Bertz CT molecular complexity index is 2210. The first-order valence-corrected chi connectivity index (χ1v) is 19.2.